The van der Waals surface area contributed by atoms with Crippen LogP contribution in [0.5, 0.6) is 11.5 Å². The lowest BCUT2D eigenvalue weighted by Gasteiger charge is -2.14. The number of phenols is 1. The Morgan fingerprint density at radius 3 is 2.33 bits per heavy atom. The number of phenolic OH excluding ortho intramolecular Hbond substituents is 1. The van der Waals surface area contributed by atoms with E-state index in [-0.39, 0.29) is 29.3 Å². The van der Waals surface area contributed by atoms with E-state index in [0.29, 0.717) is 16.9 Å². The number of esters is 1. The number of hydrogen-bond donors (Lipinski definition) is 1. The van der Waals surface area contributed by atoms with Crippen molar-refractivity contribution in [3.63, 3.8) is 0 Å². The van der Waals surface area contributed by atoms with Crippen LogP contribution in [0.2, 0.25) is 0 Å². The first-order valence-corrected chi connectivity index (χ1v) is 8.80. The lowest BCUT2D eigenvalue weighted by molar-refractivity contribution is 0.0377. The molecule has 1 N–H and O–H groups in total. The zero-order valence-electron chi connectivity index (χ0n) is 15.9. The Hall–Kier alpha value is -3.08. The molecule has 0 aromatic heterocycles. The van der Waals surface area contributed by atoms with Crippen molar-refractivity contribution in [2.75, 3.05) is 0 Å². The average molecular weight is 368 g/mol. The Labute approximate surface area is 159 Å². The summed E-state index contributed by atoms with van der Waals surface area (Å²) in [5.41, 5.74) is 1.24. The predicted molar refractivity (Wildman–Crippen MR) is 104 cm³/mol. The van der Waals surface area contributed by atoms with E-state index in [1.807, 2.05) is 13.8 Å². The van der Waals surface area contributed by atoms with Gasteiger partial charge in [0.05, 0.1) is 23.3 Å². The molecule has 0 saturated heterocycles. The summed E-state index contributed by atoms with van der Waals surface area (Å²) in [6.45, 7) is 7.32. The zero-order chi connectivity index (χ0) is 20.0. The second-order valence-electron chi connectivity index (χ2n) is 6.59. The predicted octanol–water partition coefficient (Wildman–Crippen LogP) is 4.64. The number of aromatic hydroxyl groups is 1. The van der Waals surface area contributed by atoms with Gasteiger partial charge in [0, 0.05) is 5.56 Å². The van der Waals surface area contributed by atoms with Gasteiger partial charge in [-0.25, -0.2) is 4.79 Å². The number of rotatable bonds is 7. The molecule has 142 valence electrons. The van der Waals surface area contributed by atoms with Gasteiger partial charge < -0.3 is 14.6 Å². The Kier molecular flexibility index (Phi) is 6.77. The van der Waals surface area contributed by atoms with Crippen LogP contribution in [-0.4, -0.2) is 29.1 Å². The fraction of sp³-hybridized carbons (Fsp3) is 0.273. The molecule has 0 unspecified atom stereocenters. The molecule has 0 saturated carbocycles. The zero-order valence-corrected chi connectivity index (χ0v) is 15.9. The number of hydrogen-bond acceptors (Lipinski definition) is 5. The third-order valence-corrected chi connectivity index (χ3v) is 3.54. The fourth-order valence-corrected chi connectivity index (χ4v) is 2.37. The number of allylic oxidation sites excluding steroid dienone is 1. The second kappa shape index (κ2) is 9.03. The van der Waals surface area contributed by atoms with E-state index >= 15 is 0 Å². The highest BCUT2D eigenvalue weighted by molar-refractivity contribution is 6.08. The van der Waals surface area contributed by atoms with Gasteiger partial charge in [0.25, 0.3) is 0 Å². The highest BCUT2D eigenvalue weighted by Crippen LogP contribution is 2.25. The number of ether oxygens (including phenoxy) is 2. The molecule has 5 nitrogen and oxygen atoms in total. The lowest BCUT2D eigenvalue weighted by atomic mass is 10.1. The summed E-state index contributed by atoms with van der Waals surface area (Å²) in [6.07, 6.45) is 2.64. The maximum atomic E-state index is 12.3. The maximum absolute atomic E-state index is 12.3. The molecule has 0 atom stereocenters. The van der Waals surface area contributed by atoms with Crippen molar-refractivity contribution < 1.29 is 24.2 Å². The van der Waals surface area contributed by atoms with E-state index < -0.39 is 5.97 Å². The number of benzene rings is 2. The third kappa shape index (κ3) is 5.71. The number of ketones is 1. The normalized spacial score (nSPS) is 11.2. The van der Waals surface area contributed by atoms with Crippen molar-refractivity contribution in [2.45, 2.75) is 39.9 Å². The second-order valence-corrected chi connectivity index (χ2v) is 6.59. The van der Waals surface area contributed by atoms with E-state index in [2.05, 4.69) is 0 Å². The van der Waals surface area contributed by atoms with Crippen LogP contribution >= 0.6 is 0 Å². The fourth-order valence-electron chi connectivity index (χ4n) is 2.37. The standard InChI is InChI=1S/C22H24O5/c1-14(2)26-21-13-17(22(25)27-15(3)4)10-9-16(21)11-12-20(24)18-7-5-6-8-19(18)23/h5-15,23H,1-4H3/b12-11+. The van der Waals surface area contributed by atoms with Crippen molar-refractivity contribution in [3.05, 3.63) is 65.2 Å². The molecule has 0 aliphatic heterocycles. The summed E-state index contributed by atoms with van der Waals surface area (Å²) >= 11 is 0. The van der Waals surface area contributed by atoms with Gasteiger partial charge in [0.15, 0.2) is 5.78 Å². The molecule has 0 spiro atoms. The Morgan fingerprint density at radius 2 is 1.70 bits per heavy atom. The van der Waals surface area contributed by atoms with Gasteiger partial charge in [-0.1, -0.05) is 18.2 Å². The monoisotopic (exact) mass is 368 g/mol. The van der Waals surface area contributed by atoms with Crippen molar-refractivity contribution >= 4 is 17.8 Å². The smallest absolute Gasteiger partial charge is 0.338 e. The molecule has 0 bridgehead atoms. The van der Waals surface area contributed by atoms with E-state index in [1.54, 1.807) is 56.3 Å². The van der Waals surface area contributed by atoms with Crippen molar-refractivity contribution in [1.29, 1.82) is 0 Å². The molecule has 0 aliphatic rings. The molecule has 2 rings (SSSR count). The van der Waals surface area contributed by atoms with E-state index in [0.717, 1.165) is 0 Å². The first-order chi connectivity index (χ1) is 12.8. The summed E-state index contributed by atoms with van der Waals surface area (Å²) in [6, 6.07) is 11.3. The quantitative estimate of drug-likeness (QED) is 0.438. The molecule has 27 heavy (non-hydrogen) atoms. The molecular weight excluding hydrogens is 344 g/mol. The van der Waals surface area contributed by atoms with Crippen LogP contribution in [0.1, 0.15) is 54.0 Å². The van der Waals surface area contributed by atoms with Crippen LogP contribution in [0.25, 0.3) is 6.08 Å². The van der Waals surface area contributed by atoms with Crippen molar-refractivity contribution in [2.24, 2.45) is 0 Å². The molecule has 0 fully saturated rings. The molecule has 2 aromatic carbocycles. The van der Waals surface area contributed by atoms with Crippen LogP contribution in [-0.2, 0) is 4.74 Å². The molecular formula is C22H24O5. The summed E-state index contributed by atoms with van der Waals surface area (Å²) in [5, 5.41) is 9.79. The Morgan fingerprint density at radius 1 is 1.00 bits per heavy atom. The van der Waals surface area contributed by atoms with Crippen LogP contribution in [0.3, 0.4) is 0 Å². The first-order valence-electron chi connectivity index (χ1n) is 8.80. The molecule has 0 heterocycles. The van der Waals surface area contributed by atoms with Gasteiger partial charge in [-0.3, -0.25) is 4.79 Å². The highest BCUT2D eigenvalue weighted by atomic mass is 16.5. The minimum absolute atomic E-state index is 0.0717. The number of carbonyl (C=O) groups excluding carboxylic acids is 2. The Bertz CT molecular complexity index is 850. The van der Waals surface area contributed by atoms with Gasteiger partial charge in [-0.2, -0.15) is 0 Å². The van der Waals surface area contributed by atoms with E-state index in [4.69, 9.17) is 9.47 Å². The number of carbonyl (C=O) groups is 2. The Balaban J connectivity index is 2.30. The highest BCUT2D eigenvalue weighted by Gasteiger charge is 2.14. The van der Waals surface area contributed by atoms with Crippen LogP contribution in [0.15, 0.2) is 48.5 Å². The van der Waals surface area contributed by atoms with Crippen molar-refractivity contribution in [1.82, 2.24) is 0 Å². The van der Waals surface area contributed by atoms with Gasteiger partial charge in [0.1, 0.15) is 11.5 Å². The summed E-state index contributed by atoms with van der Waals surface area (Å²) < 4.78 is 11.0. The summed E-state index contributed by atoms with van der Waals surface area (Å²) in [4.78, 5) is 24.4. The van der Waals surface area contributed by atoms with E-state index in [1.165, 1.54) is 12.1 Å². The maximum Gasteiger partial charge on any atom is 0.338 e. The van der Waals surface area contributed by atoms with Crippen LogP contribution < -0.4 is 4.74 Å². The molecule has 2 aromatic rings. The number of para-hydroxylation sites is 1. The topological polar surface area (TPSA) is 72.8 Å². The first kappa shape index (κ1) is 20.2. The van der Waals surface area contributed by atoms with Gasteiger partial charge >= 0.3 is 5.97 Å². The van der Waals surface area contributed by atoms with Gasteiger partial charge in [0.2, 0.25) is 0 Å². The van der Waals surface area contributed by atoms with E-state index in [9.17, 15) is 14.7 Å². The molecule has 5 heteroatoms. The minimum atomic E-state index is -0.431. The molecule has 0 radical (unpaired) electrons. The largest absolute Gasteiger partial charge is 0.507 e. The van der Waals surface area contributed by atoms with Gasteiger partial charge in [-0.15, -0.1) is 0 Å². The minimum Gasteiger partial charge on any atom is -0.507 e. The lowest BCUT2D eigenvalue weighted by Crippen LogP contribution is -2.13. The molecule has 0 aliphatic carbocycles. The summed E-state index contributed by atoms with van der Waals surface area (Å²) in [7, 11) is 0. The van der Waals surface area contributed by atoms with Crippen LogP contribution in [0, 0.1) is 0 Å². The summed E-state index contributed by atoms with van der Waals surface area (Å²) in [5.74, 6) is -0.353. The van der Waals surface area contributed by atoms with Crippen molar-refractivity contribution in [3.8, 4) is 11.5 Å². The van der Waals surface area contributed by atoms with Gasteiger partial charge in [-0.05, 0) is 64.1 Å². The average Bonchev–Trinajstić information content (AvgIpc) is 2.59. The van der Waals surface area contributed by atoms with Crippen LogP contribution in [0.4, 0.5) is 0 Å². The molecule has 0 amide bonds. The third-order valence-electron chi connectivity index (χ3n) is 3.54. The SMILES string of the molecule is CC(C)OC(=O)c1ccc(/C=C/C(=O)c2ccccc2O)c(OC(C)C)c1.